The highest BCUT2D eigenvalue weighted by Gasteiger charge is 2.30. The molecule has 0 amide bonds. The fourth-order valence-corrected chi connectivity index (χ4v) is 3.85. The zero-order chi connectivity index (χ0) is 21.1. The van der Waals surface area contributed by atoms with Crippen LogP contribution < -0.4 is 4.90 Å². The van der Waals surface area contributed by atoms with Gasteiger partial charge in [0.05, 0.1) is 5.56 Å². The average Bonchev–Trinajstić information content (AvgIpc) is 2.79. The molecule has 3 aromatic rings. The summed E-state index contributed by atoms with van der Waals surface area (Å²) >= 11 is 0. The molecule has 0 aliphatic carbocycles. The predicted octanol–water partition coefficient (Wildman–Crippen LogP) is 5.87. The monoisotopic (exact) mass is 410 g/mol. The first-order chi connectivity index (χ1) is 14.4. The van der Waals surface area contributed by atoms with Crippen LogP contribution >= 0.6 is 0 Å². The van der Waals surface area contributed by atoms with Crippen LogP contribution in [0.5, 0.6) is 0 Å². The lowest BCUT2D eigenvalue weighted by molar-refractivity contribution is -0.137. The number of ketones is 1. The number of piperidine rings is 1. The number of alkyl halides is 3. The molecule has 0 bridgehead atoms. The van der Waals surface area contributed by atoms with E-state index < -0.39 is 11.7 Å². The molecule has 0 radical (unpaired) electrons. The van der Waals surface area contributed by atoms with E-state index in [4.69, 9.17) is 0 Å². The highest BCUT2D eigenvalue weighted by atomic mass is 19.4. The summed E-state index contributed by atoms with van der Waals surface area (Å²) in [6.07, 6.45) is -1.11. The molecule has 0 saturated carbocycles. The lowest BCUT2D eigenvalue weighted by Gasteiger charge is -2.32. The molecule has 1 aliphatic heterocycles. The number of halogens is 3. The van der Waals surface area contributed by atoms with Crippen LogP contribution in [0.15, 0.2) is 72.9 Å². The van der Waals surface area contributed by atoms with Gasteiger partial charge in [-0.15, -0.1) is 0 Å². The molecular formula is C24H21F3N2O. The molecule has 4 rings (SSSR count). The molecule has 30 heavy (non-hydrogen) atoms. The average molecular weight is 410 g/mol. The molecule has 154 valence electrons. The molecule has 0 spiro atoms. The number of nitrogens with zero attached hydrogens (tertiary/aromatic N) is 2. The second-order valence-corrected chi connectivity index (χ2v) is 7.47. The van der Waals surface area contributed by atoms with Crippen LogP contribution in [0.2, 0.25) is 0 Å². The van der Waals surface area contributed by atoms with Gasteiger partial charge in [0.1, 0.15) is 5.82 Å². The summed E-state index contributed by atoms with van der Waals surface area (Å²) in [7, 11) is 0. The fourth-order valence-electron chi connectivity index (χ4n) is 3.85. The second kappa shape index (κ2) is 8.30. The molecule has 0 unspecified atom stereocenters. The van der Waals surface area contributed by atoms with Crippen LogP contribution in [0.3, 0.4) is 0 Å². The van der Waals surface area contributed by atoms with Crippen molar-refractivity contribution in [2.24, 2.45) is 5.92 Å². The number of benzene rings is 2. The van der Waals surface area contributed by atoms with Crippen molar-refractivity contribution >= 4 is 11.6 Å². The summed E-state index contributed by atoms with van der Waals surface area (Å²) in [6.45, 7) is 1.55. The van der Waals surface area contributed by atoms with E-state index in [1.807, 2.05) is 18.2 Å². The fraction of sp³-hybridized carbons (Fsp3) is 0.250. The number of carbonyl (C=O) groups is 1. The number of pyridine rings is 1. The highest BCUT2D eigenvalue weighted by Crippen LogP contribution is 2.32. The van der Waals surface area contributed by atoms with Crippen molar-refractivity contribution in [2.45, 2.75) is 19.0 Å². The molecule has 6 heteroatoms. The molecule has 2 heterocycles. The molecule has 1 aromatic heterocycles. The Bertz CT molecular complexity index is 1010. The minimum absolute atomic E-state index is 0.0515. The summed E-state index contributed by atoms with van der Waals surface area (Å²) in [5, 5.41) is 0. The number of Topliss-reactive ketones (excluding diaryl/α,β-unsaturated/α-hetero) is 1. The van der Waals surface area contributed by atoms with Gasteiger partial charge in [0.25, 0.3) is 0 Å². The summed E-state index contributed by atoms with van der Waals surface area (Å²) in [5.74, 6) is 0.962. The van der Waals surface area contributed by atoms with Crippen LogP contribution in [0.25, 0.3) is 11.1 Å². The van der Waals surface area contributed by atoms with E-state index in [-0.39, 0.29) is 11.7 Å². The largest absolute Gasteiger partial charge is 0.416 e. The Morgan fingerprint density at radius 1 is 0.900 bits per heavy atom. The predicted molar refractivity (Wildman–Crippen MR) is 110 cm³/mol. The smallest absolute Gasteiger partial charge is 0.357 e. The van der Waals surface area contributed by atoms with Crippen molar-refractivity contribution in [1.29, 1.82) is 0 Å². The Kier molecular flexibility index (Phi) is 5.57. The molecule has 3 nitrogen and oxygen atoms in total. The Morgan fingerprint density at radius 2 is 1.63 bits per heavy atom. The summed E-state index contributed by atoms with van der Waals surface area (Å²) in [4.78, 5) is 19.4. The number of rotatable bonds is 4. The van der Waals surface area contributed by atoms with Crippen molar-refractivity contribution in [3.05, 3.63) is 84.1 Å². The van der Waals surface area contributed by atoms with E-state index in [1.165, 1.54) is 6.07 Å². The van der Waals surface area contributed by atoms with E-state index in [0.717, 1.165) is 43.9 Å². The van der Waals surface area contributed by atoms with Gasteiger partial charge in [0, 0.05) is 30.8 Å². The number of aromatic nitrogens is 1. The molecular weight excluding hydrogens is 389 g/mol. The quantitative estimate of drug-likeness (QED) is 0.505. The van der Waals surface area contributed by atoms with Crippen molar-refractivity contribution < 1.29 is 18.0 Å². The van der Waals surface area contributed by atoms with Crippen molar-refractivity contribution in [2.75, 3.05) is 18.0 Å². The summed E-state index contributed by atoms with van der Waals surface area (Å²) < 4.78 is 38.8. The van der Waals surface area contributed by atoms with E-state index in [1.54, 1.807) is 36.5 Å². The van der Waals surface area contributed by atoms with Gasteiger partial charge in [0.15, 0.2) is 5.78 Å². The number of hydrogen-bond donors (Lipinski definition) is 0. The van der Waals surface area contributed by atoms with Gasteiger partial charge in [-0.3, -0.25) is 4.79 Å². The van der Waals surface area contributed by atoms with Crippen molar-refractivity contribution in [1.82, 2.24) is 4.98 Å². The minimum atomic E-state index is -4.38. The van der Waals surface area contributed by atoms with Crippen molar-refractivity contribution in [3.8, 4) is 11.1 Å². The van der Waals surface area contributed by atoms with Crippen LogP contribution in [0.4, 0.5) is 19.0 Å². The number of anilines is 1. The minimum Gasteiger partial charge on any atom is -0.357 e. The SMILES string of the molecule is O=C(c1ccc(-c2cccc(C(F)(F)F)c2)cc1)C1CCN(c2ccccn2)CC1. The van der Waals surface area contributed by atoms with E-state index >= 15 is 0 Å². The zero-order valence-corrected chi connectivity index (χ0v) is 16.3. The van der Waals surface area contributed by atoms with Crippen molar-refractivity contribution in [3.63, 3.8) is 0 Å². The third kappa shape index (κ3) is 4.37. The third-order valence-electron chi connectivity index (χ3n) is 5.53. The van der Waals surface area contributed by atoms with Crippen LogP contribution in [-0.4, -0.2) is 23.9 Å². The molecule has 2 aromatic carbocycles. The lowest BCUT2D eigenvalue weighted by atomic mass is 9.88. The van der Waals surface area contributed by atoms with Gasteiger partial charge in [-0.2, -0.15) is 13.2 Å². The van der Waals surface area contributed by atoms with E-state index in [2.05, 4.69) is 9.88 Å². The van der Waals surface area contributed by atoms with Gasteiger partial charge in [-0.1, -0.05) is 42.5 Å². The normalized spacial score (nSPS) is 15.2. The van der Waals surface area contributed by atoms with Gasteiger partial charge < -0.3 is 4.90 Å². The molecule has 0 atom stereocenters. The summed E-state index contributed by atoms with van der Waals surface area (Å²) in [5.41, 5.74) is 1.05. The first-order valence-corrected chi connectivity index (χ1v) is 9.90. The Hall–Kier alpha value is -3.15. The number of carbonyl (C=O) groups excluding carboxylic acids is 1. The van der Waals surface area contributed by atoms with E-state index in [9.17, 15) is 18.0 Å². The Balaban J connectivity index is 1.43. The van der Waals surface area contributed by atoms with Crippen LogP contribution in [0.1, 0.15) is 28.8 Å². The van der Waals surface area contributed by atoms with Gasteiger partial charge in [-0.05, 0) is 48.2 Å². The maximum absolute atomic E-state index is 12.9. The topological polar surface area (TPSA) is 33.2 Å². The molecule has 1 aliphatic rings. The molecule has 1 fully saturated rings. The summed E-state index contributed by atoms with van der Waals surface area (Å²) in [6, 6.07) is 17.9. The Morgan fingerprint density at radius 3 is 2.27 bits per heavy atom. The van der Waals surface area contributed by atoms with Gasteiger partial charge >= 0.3 is 6.18 Å². The van der Waals surface area contributed by atoms with Crippen LogP contribution in [-0.2, 0) is 6.18 Å². The zero-order valence-electron chi connectivity index (χ0n) is 16.3. The van der Waals surface area contributed by atoms with E-state index in [0.29, 0.717) is 16.7 Å². The van der Waals surface area contributed by atoms with Crippen LogP contribution in [0, 0.1) is 5.92 Å². The molecule has 1 saturated heterocycles. The second-order valence-electron chi connectivity index (χ2n) is 7.47. The van der Waals surface area contributed by atoms with Gasteiger partial charge in [-0.25, -0.2) is 4.98 Å². The highest BCUT2D eigenvalue weighted by molar-refractivity contribution is 5.98. The van der Waals surface area contributed by atoms with Gasteiger partial charge in [0.2, 0.25) is 0 Å². The maximum Gasteiger partial charge on any atom is 0.416 e. The first-order valence-electron chi connectivity index (χ1n) is 9.90. The lowest BCUT2D eigenvalue weighted by Crippen LogP contribution is -2.36. The molecule has 0 N–H and O–H groups in total. The number of hydrogen-bond acceptors (Lipinski definition) is 3. The Labute approximate surface area is 173 Å². The maximum atomic E-state index is 12.9. The standard InChI is InChI=1S/C24H21F3N2O/c25-24(26,27)21-5-3-4-20(16-21)17-7-9-18(10-8-17)23(30)19-11-14-29(15-12-19)22-6-1-2-13-28-22/h1-10,13,16,19H,11-12,14-15H2. The first kappa shape index (κ1) is 20.1. The third-order valence-corrected chi connectivity index (χ3v) is 5.53.